The van der Waals surface area contributed by atoms with E-state index in [2.05, 4.69) is 45.7 Å². The van der Waals surface area contributed by atoms with E-state index in [1.165, 1.54) is 0 Å². The minimum absolute atomic E-state index is 0.108. The van der Waals surface area contributed by atoms with Crippen molar-refractivity contribution >= 4 is 37.8 Å². The van der Waals surface area contributed by atoms with Crippen molar-refractivity contribution in [3.63, 3.8) is 0 Å². The Hall–Kier alpha value is 0.430. The molecule has 80 valence electrons. The molecule has 0 aromatic rings. The molecule has 3 fully saturated rings. The number of carboxylic acids is 1. The third-order valence-corrected chi connectivity index (χ3v) is 7.52. The molecule has 3 atom stereocenters. The van der Waals surface area contributed by atoms with Crippen molar-refractivity contribution in [2.24, 2.45) is 16.2 Å². The summed E-state index contributed by atoms with van der Waals surface area (Å²) in [6.07, 6.45) is 1.81. The lowest BCUT2D eigenvalue weighted by atomic mass is 9.43. The number of alkyl halides is 2. The summed E-state index contributed by atoms with van der Waals surface area (Å²) in [6.45, 7) is 4.18. The second-order valence-corrected chi connectivity index (χ2v) is 6.53. The molecule has 0 amide bonds. The van der Waals surface area contributed by atoms with Crippen LogP contribution in [0.5, 0.6) is 0 Å². The normalized spacial score (nSPS) is 48.7. The van der Waals surface area contributed by atoms with Gasteiger partial charge >= 0.3 is 5.97 Å². The molecule has 0 aliphatic heterocycles. The number of fused-ring (bicyclic) bond motifs is 1. The highest BCUT2D eigenvalue weighted by molar-refractivity contribution is 9.10. The van der Waals surface area contributed by atoms with Crippen LogP contribution < -0.4 is 0 Å². The van der Waals surface area contributed by atoms with E-state index in [-0.39, 0.29) is 15.7 Å². The zero-order valence-electron chi connectivity index (χ0n) is 8.31. The summed E-state index contributed by atoms with van der Waals surface area (Å²) in [6, 6.07) is 0. The van der Waals surface area contributed by atoms with Crippen LogP contribution >= 0.6 is 31.9 Å². The molecule has 0 saturated heterocycles. The van der Waals surface area contributed by atoms with Crippen molar-refractivity contribution in [3.05, 3.63) is 0 Å². The lowest BCUT2D eigenvalue weighted by molar-refractivity contribution is -0.178. The van der Waals surface area contributed by atoms with Gasteiger partial charge in [-0.2, -0.15) is 0 Å². The van der Waals surface area contributed by atoms with Gasteiger partial charge in [0.15, 0.2) is 0 Å². The van der Waals surface area contributed by atoms with Crippen LogP contribution in [0.2, 0.25) is 0 Å². The van der Waals surface area contributed by atoms with Gasteiger partial charge in [0, 0.05) is 10.2 Å². The molecule has 0 heterocycles. The summed E-state index contributed by atoms with van der Waals surface area (Å²) < 4.78 is 0. The summed E-state index contributed by atoms with van der Waals surface area (Å²) in [7, 11) is 0. The van der Waals surface area contributed by atoms with Gasteiger partial charge in [0.05, 0.1) is 5.41 Å². The zero-order chi connectivity index (χ0) is 10.8. The number of halogens is 2. The van der Waals surface area contributed by atoms with Crippen molar-refractivity contribution in [1.29, 1.82) is 0 Å². The summed E-state index contributed by atoms with van der Waals surface area (Å²) in [5.74, 6) is -0.640. The van der Waals surface area contributed by atoms with Crippen LogP contribution in [0.1, 0.15) is 26.7 Å². The molecule has 0 spiro atoms. The Morgan fingerprint density at radius 2 is 2.07 bits per heavy atom. The molecule has 4 heteroatoms. The van der Waals surface area contributed by atoms with E-state index in [0.717, 1.165) is 18.2 Å². The van der Waals surface area contributed by atoms with Gasteiger partial charge in [-0.15, -0.1) is 0 Å². The van der Waals surface area contributed by atoms with Crippen molar-refractivity contribution in [1.82, 2.24) is 0 Å². The van der Waals surface area contributed by atoms with Crippen LogP contribution in [0.3, 0.4) is 0 Å². The number of carbonyl (C=O) groups is 1. The van der Waals surface area contributed by atoms with Gasteiger partial charge < -0.3 is 5.11 Å². The molecule has 3 aliphatic rings. The Balaban J connectivity index is 2.48. The monoisotopic (exact) mass is 324 g/mol. The van der Waals surface area contributed by atoms with Gasteiger partial charge in [0.25, 0.3) is 0 Å². The largest absolute Gasteiger partial charge is 0.481 e. The highest BCUT2D eigenvalue weighted by atomic mass is 79.9. The molecule has 0 aromatic carbocycles. The van der Waals surface area contributed by atoms with Crippen molar-refractivity contribution < 1.29 is 9.90 Å². The van der Waals surface area contributed by atoms with Gasteiger partial charge in [0.1, 0.15) is 0 Å². The molecule has 3 saturated carbocycles. The minimum Gasteiger partial charge on any atom is -0.481 e. The lowest BCUT2D eigenvalue weighted by Crippen LogP contribution is -2.69. The summed E-state index contributed by atoms with van der Waals surface area (Å²) in [5, 5.41) is 10.3. The van der Waals surface area contributed by atoms with E-state index >= 15 is 0 Å². The Bertz CT molecular complexity index is 302. The average molecular weight is 326 g/mol. The van der Waals surface area contributed by atoms with Gasteiger partial charge in [-0.1, -0.05) is 45.7 Å². The van der Waals surface area contributed by atoms with Crippen molar-refractivity contribution in [2.75, 3.05) is 5.33 Å². The quantitative estimate of drug-likeness (QED) is 0.792. The molecule has 0 unspecified atom stereocenters. The maximum Gasteiger partial charge on any atom is 0.311 e. The topological polar surface area (TPSA) is 37.3 Å². The number of rotatable bonds is 2. The number of hydrogen-bond donors (Lipinski definition) is 1. The third-order valence-electron chi connectivity index (χ3n) is 4.86. The summed E-state index contributed by atoms with van der Waals surface area (Å²) in [5.41, 5.74) is -0.518. The van der Waals surface area contributed by atoms with E-state index < -0.39 is 11.4 Å². The maximum atomic E-state index is 11.4. The summed E-state index contributed by atoms with van der Waals surface area (Å²) in [4.78, 5) is 11.5. The molecule has 3 rings (SSSR count). The molecular weight excluding hydrogens is 312 g/mol. The van der Waals surface area contributed by atoms with Crippen molar-refractivity contribution in [2.45, 2.75) is 31.5 Å². The van der Waals surface area contributed by atoms with E-state index in [0.29, 0.717) is 0 Å². The second kappa shape index (κ2) is 2.76. The molecule has 2 nitrogen and oxygen atoms in total. The molecule has 14 heavy (non-hydrogen) atoms. The number of aliphatic carboxylic acids is 1. The third kappa shape index (κ3) is 0.753. The second-order valence-electron chi connectivity index (χ2n) is 5.05. The Morgan fingerprint density at radius 3 is 2.29 bits per heavy atom. The van der Waals surface area contributed by atoms with Crippen LogP contribution in [0.4, 0.5) is 0 Å². The average Bonchev–Trinajstić information content (AvgIpc) is 2.53. The Labute approximate surface area is 101 Å². The molecule has 3 aliphatic carbocycles. The maximum absolute atomic E-state index is 11.4. The van der Waals surface area contributed by atoms with Gasteiger partial charge in [-0.25, -0.2) is 0 Å². The SMILES string of the molecule is CC1(C)[C@]2(CBr)CC[C@@]1(C(=O)O)[C@@H]2Br. The highest BCUT2D eigenvalue weighted by Gasteiger charge is 2.81. The fourth-order valence-electron chi connectivity index (χ4n) is 3.55. The van der Waals surface area contributed by atoms with E-state index in [1.807, 2.05) is 0 Å². The standard InChI is InChI=1S/C10H14Br2O2/c1-8(2)9(5-11)3-4-10(8,6(9)12)7(13)14/h6H,3-5H2,1-2H3,(H,13,14)/t6-,9+,10+/m1/s1. The van der Waals surface area contributed by atoms with E-state index in [9.17, 15) is 9.90 Å². The smallest absolute Gasteiger partial charge is 0.311 e. The van der Waals surface area contributed by atoms with Crippen LogP contribution in [0.25, 0.3) is 0 Å². The van der Waals surface area contributed by atoms with Crippen molar-refractivity contribution in [3.8, 4) is 0 Å². The predicted octanol–water partition coefficient (Wildman–Crippen LogP) is 3.04. The zero-order valence-corrected chi connectivity index (χ0v) is 11.5. The molecular formula is C10H14Br2O2. The Kier molecular flexibility index (Phi) is 2.15. The minimum atomic E-state index is -0.640. The van der Waals surface area contributed by atoms with Crippen LogP contribution in [-0.2, 0) is 4.79 Å². The molecule has 2 bridgehead atoms. The first-order valence-corrected chi connectivity index (χ1v) is 6.84. The Morgan fingerprint density at radius 1 is 1.50 bits per heavy atom. The van der Waals surface area contributed by atoms with E-state index in [4.69, 9.17) is 0 Å². The number of hydrogen-bond acceptors (Lipinski definition) is 1. The van der Waals surface area contributed by atoms with E-state index in [1.54, 1.807) is 0 Å². The fraction of sp³-hybridized carbons (Fsp3) is 0.900. The predicted molar refractivity (Wildman–Crippen MR) is 62.0 cm³/mol. The van der Waals surface area contributed by atoms with Gasteiger partial charge in [-0.05, 0) is 23.7 Å². The first kappa shape index (κ1) is 10.9. The van der Waals surface area contributed by atoms with Gasteiger partial charge in [-0.3, -0.25) is 4.79 Å². The molecule has 0 radical (unpaired) electrons. The molecule has 0 aromatic heterocycles. The first-order valence-electron chi connectivity index (χ1n) is 4.80. The van der Waals surface area contributed by atoms with Gasteiger partial charge in [0.2, 0.25) is 0 Å². The fourth-order valence-corrected chi connectivity index (χ4v) is 7.25. The van der Waals surface area contributed by atoms with Crippen LogP contribution in [-0.4, -0.2) is 21.2 Å². The molecule has 1 N–H and O–H groups in total. The lowest BCUT2D eigenvalue weighted by Gasteiger charge is -2.63. The van der Waals surface area contributed by atoms with Crippen LogP contribution in [0.15, 0.2) is 0 Å². The summed E-state index contributed by atoms with van der Waals surface area (Å²) >= 11 is 7.13. The number of carboxylic acid groups (broad SMARTS) is 1. The first-order chi connectivity index (χ1) is 6.37. The highest BCUT2D eigenvalue weighted by Crippen LogP contribution is 2.80. The van der Waals surface area contributed by atoms with Crippen LogP contribution in [0, 0.1) is 16.2 Å².